The summed E-state index contributed by atoms with van der Waals surface area (Å²) in [5.74, 6) is -0.393. The van der Waals surface area contributed by atoms with Crippen LogP contribution >= 0.6 is 0 Å². The van der Waals surface area contributed by atoms with Gasteiger partial charge in [-0.05, 0) is 89.9 Å². The van der Waals surface area contributed by atoms with Crippen molar-refractivity contribution in [2.75, 3.05) is 33.0 Å². The first-order valence-electron chi connectivity index (χ1n) is 28.2. The Morgan fingerprint density at radius 1 is 0.466 bits per heavy atom. The molecule has 73 heavy (non-hydrogen) atoms. The minimum atomic E-state index is -1.72. The number of hydrogen-bond acceptors (Lipinski definition) is 14. The summed E-state index contributed by atoms with van der Waals surface area (Å²) in [7, 11) is 0. The fraction of sp³-hybridized carbons (Fsp3) is 0.746. The summed E-state index contributed by atoms with van der Waals surface area (Å²) in [6, 6.07) is 0. The molecule has 7 N–H and O–H groups in total. The fourth-order valence-corrected chi connectivity index (χ4v) is 8.34. The van der Waals surface area contributed by atoms with Crippen molar-refractivity contribution in [3.63, 3.8) is 0 Å². The van der Waals surface area contributed by atoms with E-state index in [1.165, 1.54) is 57.8 Å². The van der Waals surface area contributed by atoms with E-state index in [0.29, 0.717) is 13.0 Å². The maximum absolute atomic E-state index is 13.1. The van der Waals surface area contributed by atoms with Crippen LogP contribution in [0.5, 0.6) is 0 Å². The van der Waals surface area contributed by atoms with Gasteiger partial charge >= 0.3 is 5.97 Å². The lowest BCUT2D eigenvalue weighted by atomic mass is 9.98. The van der Waals surface area contributed by atoms with Gasteiger partial charge in [-0.3, -0.25) is 4.79 Å². The lowest BCUT2D eigenvalue weighted by Crippen LogP contribution is -2.61. The second kappa shape index (κ2) is 45.4. The van der Waals surface area contributed by atoms with E-state index in [1.807, 2.05) is 0 Å². The van der Waals surface area contributed by atoms with Crippen LogP contribution in [-0.4, -0.2) is 142 Å². The van der Waals surface area contributed by atoms with Crippen molar-refractivity contribution in [1.29, 1.82) is 0 Å². The van der Waals surface area contributed by atoms with Crippen LogP contribution < -0.4 is 0 Å². The van der Waals surface area contributed by atoms with Crippen molar-refractivity contribution >= 4 is 5.97 Å². The molecule has 2 aliphatic rings. The van der Waals surface area contributed by atoms with E-state index in [-0.39, 0.29) is 19.6 Å². The van der Waals surface area contributed by atoms with E-state index in [4.69, 9.17) is 28.4 Å². The molecule has 0 amide bonds. The van der Waals surface area contributed by atoms with Crippen molar-refractivity contribution in [3.8, 4) is 0 Å². The maximum atomic E-state index is 13.1. The van der Waals surface area contributed by atoms with E-state index in [2.05, 4.69) is 98.9 Å². The van der Waals surface area contributed by atoms with Crippen molar-refractivity contribution in [2.24, 2.45) is 0 Å². The third-order valence-electron chi connectivity index (χ3n) is 12.9. The van der Waals surface area contributed by atoms with Crippen LogP contribution in [0.4, 0.5) is 0 Å². The molecule has 0 aromatic heterocycles. The second-order valence-corrected chi connectivity index (χ2v) is 19.4. The normalized spacial score (nSPS) is 25.6. The Hall–Kier alpha value is -2.83. The summed E-state index contributed by atoms with van der Waals surface area (Å²) in [6.07, 6.45) is 42.1. The zero-order valence-electron chi connectivity index (χ0n) is 44.8. The molecular formula is C59H100O14. The van der Waals surface area contributed by atoms with E-state index < -0.39 is 86.7 Å². The Kier molecular flexibility index (Phi) is 41.2. The first kappa shape index (κ1) is 66.3. The van der Waals surface area contributed by atoms with Crippen molar-refractivity contribution < 1.29 is 69.0 Å². The molecule has 0 aromatic carbocycles. The van der Waals surface area contributed by atoms with Gasteiger partial charge in [0.25, 0.3) is 0 Å². The van der Waals surface area contributed by atoms with Crippen molar-refractivity contribution in [3.05, 3.63) is 85.1 Å². The molecule has 2 rings (SSSR count). The first-order valence-corrected chi connectivity index (χ1v) is 28.2. The van der Waals surface area contributed by atoms with Crippen LogP contribution in [0.2, 0.25) is 0 Å². The average molecular weight is 1030 g/mol. The quantitative estimate of drug-likeness (QED) is 0.0172. The average Bonchev–Trinajstić information content (AvgIpc) is 3.39. The van der Waals surface area contributed by atoms with Gasteiger partial charge < -0.3 is 64.2 Å². The molecule has 2 aliphatic heterocycles. The Morgan fingerprint density at radius 3 is 1.40 bits per heavy atom. The lowest BCUT2D eigenvalue weighted by molar-refractivity contribution is -0.332. The molecule has 0 saturated carbocycles. The van der Waals surface area contributed by atoms with Crippen LogP contribution in [0.3, 0.4) is 0 Å². The standard InChI is InChI=1S/C59H100O14/c1-3-5-7-9-11-13-15-17-19-21-23-25-27-29-31-33-35-37-39-41-43-68-45-48(71-51(61)42-40-38-36-34-32-30-28-26-24-22-20-18-16-14-12-10-8-6-4-2)46-69-58-57(67)55(65)53(63)50(73-58)47-70-59-56(66)54(64)52(62)49(44-60)72-59/h5,7,11-14,17-20,23,25,29,31,48-50,52-60,62-67H,3-4,6,8-10,15-16,21-22,24,26-28,30,32-47H2,1-2H3/b7-5-,13-11-,14-12-,19-17-,20-18-,25-23-,31-29-. The van der Waals surface area contributed by atoms with Gasteiger partial charge in [-0.1, -0.05) is 170 Å². The topological polar surface area (TPSA) is 214 Å². The van der Waals surface area contributed by atoms with Gasteiger partial charge in [-0.25, -0.2) is 0 Å². The minimum Gasteiger partial charge on any atom is -0.457 e. The number of esters is 1. The SMILES string of the molecule is CC/C=C\C/C=C\C/C=C\C/C=C\C/C=C\CCCCCCOCC(COC1OC(COC2OC(CO)C(O)C(O)C2O)C(O)C(O)C1O)OC(=O)CCCCCCCCCCC/C=C\C/C=C\CCCCC. The summed E-state index contributed by atoms with van der Waals surface area (Å²) in [6.45, 7) is 3.47. The summed E-state index contributed by atoms with van der Waals surface area (Å²) >= 11 is 0. The van der Waals surface area contributed by atoms with Gasteiger partial charge in [0.2, 0.25) is 0 Å². The molecule has 2 heterocycles. The van der Waals surface area contributed by atoms with Gasteiger partial charge in [-0.2, -0.15) is 0 Å². The third-order valence-corrected chi connectivity index (χ3v) is 12.9. The molecule has 0 radical (unpaired) electrons. The zero-order valence-corrected chi connectivity index (χ0v) is 44.8. The molecule has 0 spiro atoms. The molecule has 420 valence electrons. The Labute approximate surface area is 439 Å². The van der Waals surface area contributed by atoms with Gasteiger partial charge in [0.1, 0.15) is 54.9 Å². The number of unbranched alkanes of at least 4 members (excludes halogenated alkanes) is 16. The predicted molar refractivity (Wildman–Crippen MR) is 288 cm³/mol. The molecule has 14 nitrogen and oxygen atoms in total. The number of carbonyl (C=O) groups excluding carboxylic acids is 1. The molecule has 0 bridgehead atoms. The summed E-state index contributed by atoms with van der Waals surface area (Å²) in [5, 5.41) is 72.3. The van der Waals surface area contributed by atoms with Gasteiger partial charge in [0, 0.05) is 13.0 Å². The van der Waals surface area contributed by atoms with E-state index >= 15 is 0 Å². The molecule has 0 aliphatic carbocycles. The smallest absolute Gasteiger partial charge is 0.306 e. The van der Waals surface area contributed by atoms with Crippen LogP contribution in [0.1, 0.15) is 181 Å². The van der Waals surface area contributed by atoms with Crippen LogP contribution in [0, 0.1) is 0 Å². The molecule has 11 unspecified atom stereocenters. The molecule has 2 fully saturated rings. The lowest BCUT2D eigenvalue weighted by Gasteiger charge is -2.42. The third kappa shape index (κ3) is 32.4. The number of carbonyl (C=O) groups is 1. The number of aliphatic hydroxyl groups is 7. The Bertz CT molecular complexity index is 1530. The van der Waals surface area contributed by atoms with E-state index in [9.17, 15) is 40.5 Å². The molecule has 0 aromatic rings. The minimum absolute atomic E-state index is 0.0379. The molecule has 2 saturated heterocycles. The fourth-order valence-electron chi connectivity index (χ4n) is 8.34. The van der Waals surface area contributed by atoms with E-state index in [1.54, 1.807) is 0 Å². The number of rotatable bonds is 44. The highest BCUT2D eigenvalue weighted by molar-refractivity contribution is 5.69. The first-order chi connectivity index (χ1) is 35.6. The molecule has 14 heteroatoms. The van der Waals surface area contributed by atoms with Crippen LogP contribution in [0.15, 0.2) is 85.1 Å². The molecular weight excluding hydrogens is 933 g/mol. The van der Waals surface area contributed by atoms with Crippen molar-refractivity contribution in [2.45, 2.75) is 248 Å². The Balaban J connectivity index is 1.75. The highest BCUT2D eigenvalue weighted by Gasteiger charge is 2.47. The summed E-state index contributed by atoms with van der Waals surface area (Å²) in [5.41, 5.74) is 0. The number of hydrogen-bond donors (Lipinski definition) is 7. The highest BCUT2D eigenvalue weighted by Crippen LogP contribution is 2.26. The largest absolute Gasteiger partial charge is 0.457 e. The van der Waals surface area contributed by atoms with E-state index in [0.717, 1.165) is 96.3 Å². The second-order valence-electron chi connectivity index (χ2n) is 19.4. The Morgan fingerprint density at radius 2 is 0.890 bits per heavy atom. The van der Waals surface area contributed by atoms with Gasteiger partial charge in [-0.15, -0.1) is 0 Å². The van der Waals surface area contributed by atoms with Crippen LogP contribution in [0.25, 0.3) is 0 Å². The number of ether oxygens (including phenoxy) is 6. The zero-order chi connectivity index (χ0) is 53.0. The highest BCUT2D eigenvalue weighted by atomic mass is 16.7. The number of allylic oxidation sites excluding steroid dienone is 14. The molecule has 11 atom stereocenters. The monoisotopic (exact) mass is 1030 g/mol. The van der Waals surface area contributed by atoms with Gasteiger partial charge in [0.15, 0.2) is 12.6 Å². The summed E-state index contributed by atoms with van der Waals surface area (Å²) < 4.78 is 34.3. The van der Waals surface area contributed by atoms with Gasteiger partial charge in [0.05, 0.1) is 26.4 Å². The maximum Gasteiger partial charge on any atom is 0.306 e. The number of aliphatic hydroxyl groups excluding tert-OH is 7. The van der Waals surface area contributed by atoms with Crippen molar-refractivity contribution in [1.82, 2.24) is 0 Å². The summed E-state index contributed by atoms with van der Waals surface area (Å²) in [4.78, 5) is 13.1. The predicted octanol–water partition coefficient (Wildman–Crippen LogP) is 9.63. The van der Waals surface area contributed by atoms with Crippen LogP contribution in [-0.2, 0) is 33.2 Å².